The van der Waals surface area contributed by atoms with Gasteiger partial charge in [0.05, 0.1) is 6.21 Å². The Kier molecular flexibility index (Phi) is 6.40. The predicted molar refractivity (Wildman–Crippen MR) is 89.5 cm³/mol. The molecule has 3 N–H and O–H groups in total. The maximum absolute atomic E-state index is 11.4. The number of hydrazone groups is 1. The molecule has 0 bridgehead atoms. The molecule has 4 amide bonds. The second-order valence-corrected chi connectivity index (χ2v) is 5.40. The van der Waals surface area contributed by atoms with Crippen LogP contribution in [0, 0.1) is 6.92 Å². The number of hydrogen-bond donors (Lipinski definition) is 3. The van der Waals surface area contributed by atoms with Crippen LogP contribution < -0.4 is 16.0 Å². The van der Waals surface area contributed by atoms with Gasteiger partial charge in [-0.3, -0.25) is 0 Å². The van der Waals surface area contributed by atoms with Crippen LogP contribution in [0.4, 0.5) is 9.59 Å². The number of rotatable bonds is 2. The van der Waals surface area contributed by atoms with Gasteiger partial charge in [0.2, 0.25) is 0 Å². The second kappa shape index (κ2) is 8.77. The number of benzene rings is 1. The molecule has 0 atom stereocenters. The van der Waals surface area contributed by atoms with E-state index >= 15 is 0 Å². The minimum absolute atomic E-state index is 0.0359. The number of hydrogen-bond acceptors (Lipinski definition) is 3. The minimum Gasteiger partial charge on any atom is -0.338 e. The second-order valence-electron chi connectivity index (χ2n) is 5.40. The van der Waals surface area contributed by atoms with Crippen molar-refractivity contribution in [1.82, 2.24) is 21.0 Å². The quantitative estimate of drug-likeness (QED) is 0.721. The van der Waals surface area contributed by atoms with Gasteiger partial charge < -0.3 is 16.0 Å². The zero-order chi connectivity index (χ0) is 16.5. The van der Waals surface area contributed by atoms with Gasteiger partial charge in [-0.25, -0.2) is 14.6 Å². The lowest BCUT2D eigenvalue weighted by atomic mass is 10.2. The highest BCUT2D eigenvalue weighted by Gasteiger charge is 2.15. The van der Waals surface area contributed by atoms with Gasteiger partial charge in [-0.2, -0.15) is 5.10 Å². The van der Waals surface area contributed by atoms with Crippen molar-refractivity contribution in [3.05, 3.63) is 35.4 Å². The lowest BCUT2D eigenvalue weighted by Gasteiger charge is -2.22. The Morgan fingerprint density at radius 2 is 1.65 bits per heavy atom. The topological polar surface area (TPSA) is 85.8 Å². The van der Waals surface area contributed by atoms with Crippen LogP contribution in [0.1, 0.15) is 24.0 Å². The van der Waals surface area contributed by atoms with E-state index in [0.29, 0.717) is 6.54 Å². The molecule has 1 aromatic rings. The van der Waals surface area contributed by atoms with Gasteiger partial charge in [0, 0.05) is 26.2 Å². The molecule has 23 heavy (non-hydrogen) atoms. The predicted octanol–water partition coefficient (Wildman–Crippen LogP) is 1.43. The molecule has 0 spiro atoms. The fourth-order valence-electron chi connectivity index (χ4n) is 2.07. The summed E-state index contributed by atoms with van der Waals surface area (Å²) < 4.78 is 0. The largest absolute Gasteiger partial charge is 0.338 e. The zero-order valence-corrected chi connectivity index (χ0v) is 13.3. The highest BCUT2D eigenvalue weighted by atomic mass is 16.2. The first kappa shape index (κ1) is 16.8. The van der Waals surface area contributed by atoms with E-state index < -0.39 is 0 Å². The van der Waals surface area contributed by atoms with Gasteiger partial charge in [-0.15, -0.1) is 0 Å². The zero-order valence-electron chi connectivity index (χ0n) is 13.3. The summed E-state index contributed by atoms with van der Waals surface area (Å²) in [7, 11) is 0. The van der Waals surface area contributed by atoms with E-state index in [2.05, 4.69) is 21.1 Å². The molecule has 7 heteroatoms. The molecule has 1 aromatic carbocycles. The number of aryl methyl sites for hydroxylation is 1. The standard InChI is InChI=1S/C12H15N3O.C4H8N2O/c1-10-3-5-11(6-4-10)9-14-15-8-2-7-13-12(15)16;7-4-5-2-1-3-6-4/h3-6,9H,2,7-8H2,1H3,(H,13,16);1-3H2,(H2,5,6,7)/b14-9+;. The third-order valence-corrected chi connectivity index (χ3v) is 3.41. The van der Waals surface area contributed by atoms with Gasteiger partial charge in [0.15, 0.2) is 0 Å². The van der Waals surface area contributed by atoms with Crippen molar-refractivity contribution in [2.75, 3.05) is 26.2 Å². The molecule has 0 saturated carbocycles. The summed E-state index contributed by atoms with van der Waals surface area (Å²) in [5.41, 5.74) is 2.22. The van der Waals surface area contributed by atoms with Crippen LogP contribution in [0.25, 0.3) is 0 Å². The van der Waals surface area contributed by atoms with Crippen LogP contribution in [0.3, 0.4) is 0 Å². The van der Waals surface area contributed by atoms with Crippen molar-refractivity contribution in [3.63, 3.8) is 0 Å². The highest BCUT2D eigenvalue weighted by molar-refractivity contribution is 5.82. The molecule has 2 heterocycles. The molecule has 0 unspecified atom stereocenters. The van der Waals surface area contributed by atoms with Gasteiger partial charge in [0.25, 0.3) is 0 Å². The van der Waals surface area contributed by atoms with Crippen molar-refractivity contribution in [2.24, 2.45) is 5.10 Å². The summed E-state index contributed by atoms with van der Waals surface area (Å²) in [6.45, 7) is 5.13. The van der Waals surface area contributed by atoms with E-state index in [1.807, 2.05) is 31.2 Å². The summed E-state index contributed by atoms with van der Waals surface area (Å²) in [4.78, 5) is 21.6. The van der Waals surface area contributed by atoms with Crippen molar-refractivity contribution in [2.45, 2.75) is 19.8 Å². The van der Waals surface area contributed by atoms with Crippen LogP contribution in [0.15, 0.2) is 29.4 Å². The Morgan fingerprint density at radius 3 is 2.22 bits per heavy atom. The summed E-state index contributed by atoms with van der Waals surface area (Å²) in [6, 6.07) is 7.87. The van der Waals surface area contributed by atoms with E-state index in [-0.39, 0.29) is 12.1 Å². The summed E-state index contributed by atoms with van der Waals surface area (Å²) in [5.74, 6) is 0. The third-order valence-electron chi connectivity index (χ3n) is 3.41. The van der Waals surface area contributed by atoms with E-state index in [1.54, 1.807) is 6.21 Å². The maximum Gasteiger partial charge on any atom is 0.337 e. The smallest absolute Gasteiger partial charge is 0.337 e. The molecular weight excluding hydrogens is 294 g/mol. The van der Waals surface area contributed by atoms with Crippen molar-refractivity contribution in [3.8, 4) is 0 Å². The average Bonchev–Trinajstić information content (AvgIpc) is 2.57. The van der Waals surface area contributed by atoms with Crippen molar-refractivity contribution >= 4 is 18.3 Å². The van der Waals surface area contributed by atoms with Gasteiger partial charge in [0.1, 0.15) is 0 Å². The first-order valence-corrected chi connectivity index (χ1v) is 7.83. The fraction of sp³-hybridized carbons (Fsp3) is 0.438. The normalized spacial score (nSPS) is 17.7. The number of nitrogens with one attached hydrogen (secondary N) is 3. The van der Waals surface area contributed by atoms with E-state index in [4.69, 9.17) is 0 Å². The van der Waals surface area contributed by atoms with Crippen LogP contribution >= 0.6 is 0 Å². The van der Waals surface area contributed by atoms with E-state index in [9.17, 15) is 9.59 Å². The van der Waals surface area contributed by atoms with Crippen LogP contribution in [0.2, 0.25) is 0 Å². The Balaban J connectivity index is 0.000000229. The first-order valence-electron chi connectivity index (χ1n) is 7.83. The number of amides is 4. The molecule has 2 aliphatic heterocycles. The van der Waals surface area contributed by atoms with Crippen LogP contribution in [0.5, 0.6) is 0 Å². The molecule has 7 nitrogen and oxygen atoms in total. The van der Waals surface area contributed by atoms with Crippen LogP contribution in [-0.4, -0.2) is 49.5 Å². The highest BCUT2D eigenvalue weighted by Crippen LogP contribution is 2.03. The molecule has 2 aliphatic rings. The SMILES string of the molecule is Cc1ccc(/C=N/N2CCCNC2=O)cc1.O=C1NCCCN1. The summed E-state index contributed by atoms with van der Waals surface area (Å²) in [6.07, 6.45) is 3.70. The number of carbonyl (C=O) groups excluding carboxylic acids is 2. The molecule has 0 aromatic heterocycles. The van der Waals surface area contributed by atoms with Gasteiger partial charge >= 0.3 is 12.1 Å². The Hall–Kier alpha value is -2.57. The fourth-order valence-corrected chi connectivity index (χ4v) is 2.07. The molecule has 3 rings (SSSR count). The van der Waals surface area contributed by atoms with Crippen LogP contribution in [-0.2, 0) is 0 Å². The van der Waals surface area contributed by atoms with Crippen molar-refractivity contribution in [1.29, 1.82) is 0 Å². The summed E-state index contributed by atoms with van der Waals surface area (Å²) in [5, 5.41) is 13.6. The first-order chi connectivity index (χ1) is 11.1. The van der Waals surface area contributed by atoms with Gasteiger partial charge in [-0.05, 0) is 25.3 Å². The Bertz CT molecular complexity index is 548. The third kappa shape index (κ3) is 5.98. The molecule has 2 saturated heterocycles. The van der Waals surface area contributed by atoms with Crippen molar-refractivity contribution < 1.29 is 9.59 Å². The minimum atomic E-state index is -0.116. The van der Waals surface area contributed by atoms with E-state index in [1.165, 1.54) is 10.6 Å². The molecule has 124 valence electrons. The number of urea groups is 2. The molecular formula is C16H23N5O2. The molecule has 0 radical (unpaired) electrons. The Morgan fingerprint density at radius 1 is 1.00 bits per heavy atom. The number of carbonyl (C=O) groups is 2. The Labute approximate surface area is 136 Å². The molecule has 2 fully saturated rings. The summed E-state index contributed by atoms with van der Waals surface area (Å²) >= 11 is 0. The molecule has 0 aliphatic carbocycles. The van der Waals surface area contributed by atoms with E-state index in [0.717, 1.165) is 38.0 Å². The van der Waals surface area contributed by atoms with Gasteiger partial charge in [-0.1, -0.05) is 29.8 Å². The number of nitrogens with zero attached hydrogens (tertiary/aromatic N) is 2. The monoisotopic (exact) mass is 317 g/mol. The lowest BCUT2D eigenvalue weighted by molar-refractivity contribution is 0.189. The lowest BCUT2D eigenvalue weighted by Crippen LogP contribution is -2.43. The maximum atomic E-state index is 11.4. The average molecular weight is 317 g/mol.